The molecule has 9 nitrogen and oxygen atoms in total. The topological polar surface area (TPSA) is 118 Å². The van der Waals surface area contributed by atoms with Crippen LogP contribution in [0, 0.1) is 18.8 Å². The van der Waals surface area contributed by atoms with Gasteiger partial charge in [0.15, 0.2) is 5.78 Å². The summed E-state index contributed by atoms with van der Waals surface area (Å²) in [4.78, 5) is 54.1. The zero-order chi connectivity index (χ0) is 31.1. The third-order valence-corrected chi connectivity index (χ3v) is 11.7. The molecule has 1 aliphatic carbocycles. The molecule has 0 N–H and O–H groups in total. The summed E-state index contributed by atoms with van der Waals surface area (Å²) >= 11 is 13.1. The minimum absolute atomic E-state index is 0.0196. The fraction of sp³-hybridized carbons (Fsp3) is 0.267. The number of hydrogen-bond acceptors (Lipinski definition) is 7. The first-order valence-electron chi connectivity index (χ1n) is 13.2. The maximum atomic E-state index is 13.7. The van der Waals surface area contributed by atoms with Crippen LogP contribution in [0.1, 0.15) is 39.1 Å². The number of imide groups is 1. The smallest absolute Gasteiger partial charge is 0.339 e. The molecule has 0 aromatic heterocycles. The Morgan fingerprint density at radius 2 is 1.37 bits per heavy atom. The standard InChI is InChI=1S/C30H25Br2ClN2O7S/c1-17-2-12-22(13-3-17)43(40,41)42-21-10-6-18(7-11-21)27(36)16-34(28(37)19-4-8-20(33)9-5-19)35-29(38)23-14-25(31)26(32)15-24(23)30(35)39/h2-13,23-26H,14-16H2,1H3/t23-,24+,25-,26-/m0/s1. The Kier molecular flexibility index (Phi) is 9.12. The van der Waals surface area contributed by atoms with Crippen molar-refractivity contribution in [2.75, 3.05) is 6.54 Å². The van der Waals surface area contributed by atoms with Gasteiger partial charge in [0, 0.05) is 25.8 Å². The van der Waals surface area contributed by atoms with Gasteiger partial charge in [-0.1, -0.05) is 61.2 Å². The van der Waals surface area contributed by atoms with E-state index in [1.54, 1.807) is 12.1 Å². The van der Waals surface area contributed by atoms with Gasteiger partial charge in [-0.2, -0.15) is 13.4 Å². The number of benzene rings is 3. The first-order chi connectivity index (χ1) is 20.4. The Bertz CT molecular complexity index is 1650. The highest BCUT2D eigenvalue weighted by atomic mass is 79.9. The van der Waals surface area contributed by atoms with Crippen LogP contribution in [0.4, 0.5) is 0 Å². The molecule has 0 radical (unpaired) electrons. The van der Waals surface area contributed by atoms with Crippen molar-refractivity contribution in [1.29, 1.82) is 0 Å². The number of aryl methyl sites for hydroxylation is 1. The number of hydrazine groups is 1. The second-order valence-electron chi connectivity index (χ2n) is 10.4. The molecule has 3 aromatic rings. The molecule has 1 saturated heterocycles. The van der Waals surface area contributed by atoms with E-state index in [-0.39, 0.29) is 31.4 Å². The van der Waals surface area contributed by atoms with E-state index in [1.807, 2.05) is 6.92 Å². The summed E-state index contributed by atoms with van der Waals surface area (Å²) in [6.45, 7) is 1.21. The van der Waals surface area contributed by atoms with Crippen LogP contribution >= 0.6 is 43.5 Å². The molecule has 2 aliphatic rings. The molecule has 13 heteroatoms. The van der Waals surface area contributed by atoms with Crippen molar-refractivity contribution in [3.63, 3.8) is 0 Å². The lowest BCUT2D eigenvalue weighted by Gasteiger charge is -2.30. The number of ketones is 1. The van der Waals surface area contributed by atoms with E-state index in [2.05, 4.69) is 31.9 Å². The van der Waals surface area contributed by atoms with Gasteiger partial charge >= 0.3 is 10.1 Å². The molecule has 3 amide bonds. The van der Waals surface area contributed by atoms with Gasteiger partial charge in [0.25, 0.3) is 17.7 Å². The monoisotopic (exact) mass is 750 g/mol. The minimum Gasteiger partial charge on any atom is -0.379 e. The van der Waals surface area contributed by atoms with Gasteiger partial charge < -0.3 is 4.18 Å². The number of alkyl halides is 2. The van der Waals surface area contributed by atoms with Gasteiger partial charge in [-0.3, -0.25) is 19.2 Å². The van der Waals surface area contributed by atoms with Crippen LogP contribution in [0.25, 0.3) is 0 Å². The van der Waals surface area contributed by atoms with Crippen molar-refractivity contribution in [3.05, 3.63) is 94.5 Å². The van der Waals surface area contributed by atoms with Crippen molar-refractivity contribution in [3.8, 4) is 5.75 Å². The molecule has 5 rings (SSSR count). The third-order valence-electron chi connectivity index (χ3n) is 7.44. The predicted molar refractivity (Wildman–Crippen MR) is 166 cm³/mol. The van der Waals surface area contributed by atoms with E-state index in [4.69, 9.17) is 15.8 Å². The van der Waals surface area contributed by atoms with Crippen molar-refractivity contribution in [2.24, 2.45) is 11.8 Å². The molecule has 43 heavy (non-hydrogen) atoms. The largest absolute Gasteiger partial charge is 0.379 e. The molecule has 1 saturated carbocycles. The van der Waals surface area contributed by atoms with E-state index in [0.717, 1.165) is 15.6 Å². The van der Waals surface area contributed by atoms with Gasteiger partial charge in [-0.15, -0.1) is 0 Å². The lowest BCUT2D eigenvalue weighted by molar-refractivity contribution is -0.154. The van der Waals surface area contributed by atoms with Crippen LogP contribution in [0.2, 0.25) is 5.02 Å². The molecule has 3 aromatic carbocycles. The molecule has 2 fully saturated rings. The van der Waals surface area contributed by atoms with Crippen molar-refractivity contribution < 1.29 is 31.8 Å². The highest BCUT2D eigenvalue weighted by Crippen LogP contribution is 2.43. The van der Waals surface area contributed by atoms with Gasteiger partial charge in [0.05, 0.1) is 11.8 Å². The fourth-order valence-corrected chi connectivity index (χ4v) is 7.39. The molecule has 0 spiro atoms. The van der Waals surface area contributed by atoms with Gasteiger partial charge in [0.1, 0.15) is 17.2 Å². The van der Waals surface area contributed by atoms with Crippen LogP contribution in [0.5, 0.6) is 5.75 Å². The molecule has 1 aliphatic heterocycles. The lowest BCUT2D eigenvalue weighted by Crippen LogP contribution is -2.52. The average Bonchev–Trinajstić information content (AvgIpc) is 3.20. The summed E-state index contributed by atoms with van der Waals surface area (Å²) < 4.78 is 30.5. The predicted octanol–water partition coefficient (Wildman–Crippen LogP) is 5.58. The van der Waals surface area contributed by atoms with Gasteiger partial charge in [-0.25, -0.2) is 5.01 Å². The summed E-state index contributed by atoms with van der Waals surface area (Å²) in [5.74, 6) is -3.67. The summed E-state index contributed by atoms with van der Waals surface area (Å²) in [6.07, 6.45) is 0.789. The SMILES string of the molecule is Cc1ccc(S(=O)(=O)Oc2ccc(C(=O)CN(C(=O)c3ccc(Cl)cc3)N3C(=O)[C@H]4C[C@H](Br)[C@@H](Br)C[C@H]4C3=O)cc2)cc1. The number of hydrogen-bond donors (Lipinski definition) is 0. The number of amides is 3. The first-order valence-corrected chi connectivity index (χ1v) is 16.8. The Labute approximate surface area is 270 Å². The Hall–Kier alpha value is -3.06. The Morgan fingerprint density at radius 1 is 0.860 bits per heavy atom. The van der Waals surface area contributed by atoms with Crippen LogP contribution in [0.15, 0.2) is 77.7 Å². The van der Waals surface area contributed by atoms with Crippen molar-refractivity contribution in [1.82, 2.24) is 10.0 Å². The Morgan fingerprint density at radius 3 is 1.91 bits per heavy atom. The van der Waals surface area contributed by atoms with Crippen molar-refractivity contribution in [2.45, 2.75) is 34.3 Å². The fourth-order valence-electron chi connectivity index (χ4n) is 5.09. The number of carbonyl (C=O) groups is 4. The number of carbonyl (C=O) groups excluding carboxylic acids is 4. The average molecular weight is 753 g/mol. The maximum absolute atomic E-state index is 13.7. The highest BCUT2D eigenvalue weighted by molar-refractivity contribution is 9.12. The van der Waals surface area contributed by atoms with Crippen LogP contribution < -0.4 is 4.18 Å². The molecule has 4 atom stereocenters. The molecule has 0 unspecified atom stereocenters. The molecule has 0 bridgehead atoms. The van der Waals surface area contributed by atoms with Crippen LogP contribution in [0.3, 0.4) is 0 Å². The molecular formula is C30H25Br2ClN2O7S. The Balaban J connectivity index is 1.39. The first kappa shape index (κ1) is 31.4. The number of Topliss-reactive ketones (excluding diaryl/α,β-unsaturated/α-hetero) is 1. The molecular weight excluding hydrogens is 728 g/mol. The quantitative estimate of drug-likeness (QED) is 0.128. The number of halogens is 3. The van der Waals surface area contributed by atoms with Crippen molar-refractivity contribution >= 4 is 77.1 Å². The van der Waals surface area contributed by atoms with E-state index in [1.165, 1.54) is 60.7 Å². The molecule has 1 heterocycles. The van der Waals surface area contributed by atoms with E-state index in [0.29, 0.717) is 17.9 Å². The zero-order valence-corrected chi connectivity index (χ0v) is 27.4. The number of fused-ring (bicyclic) bond motifs is 1. The minimum atomic E-state index is -4.10. The molecule has 224 valence electrons. The van der Waals surface area contributed by atoms with Gasteiger partial charge in [-0.05, 0) is 80.4 Å². The summed E-state index contributed by atoms with van der Waals surface area (Å²) in [5, 5.41) is 2.07. The lowest BCUT2D eigenvalue weighted by atomic mass is 9.81. The maximum Gasteiger partial charge on any atom is 0.339 e. The number of nitrogens with zero attached hydrogens (tertiary/aromatic N) is 2. The second kappa shape index (κ2) is 12.5. The van der Waals surface area contributed by atoms with Crippen LogP contribution in [-0.2, 0) is 19.7 Å². The summed E-state index contributed by atoms with van der Waals surface area (Å²) in [6, 6.07) is 17.4. The summed E-state index contributed by atoms with van der Waals surface area (Å²) in [7, 11) is -4.10. The summed E-state index contributed by atoms with van der Waals surface area (Å²) in [5.41, 5.74) is 1.14. The van der Waals surface area contributed by atoms with Gasteiger partial charge in [0.2, 0.25) is 0 Å². The van der Waals surface area contributed by atoms with Crippen LogP contribution in [-0.4, -0.2) is 58.1 Å². The second-order valence-corrected chi connectivity index (χ2v) is 14.7. The zero-order valence-electron chi connectivity index (χ0n) is 22.7. The van der Waals surface area contributed by atoms with E-state index < -0.39 is 52.0 Å². The normalized spacial score (nSPS) is 21.8. The third kappa shape index (κ3) is 6.57. The number of rotatable bonds is 8. The highest BCUT2D eigenvalue weighted by Gasteiger charge is 2.54. The van der Waals surface area contributed by atoms with E-state index in [9.17, 15) is 27.6 Å². The van der Waals surface area contributed by atoms with E-state index >= 15 is 0 Å².